The lowest BCUT2D eigenvalue weighted by atomic mass is 10.0. The summed E-state index contributed by atoms with van der Waals surface area (Å²) in [7, 11) is 6.99. The van der Waals surface area contributed by atoms with Gasteiger partial charge in [0, 0.05) is 24.7 Å². The second-order valence-corrected chi connectivity index (χ2v) is 8.29. The second kappa shape index (κ2) is 10.1. The number of ether oxygens (including phenoxy) is 3. The van der Waals surface area contributed by atoms with Crippen LogP contribution in [0.5, 0.6) is 17.2 Å². The molecule has 1 unspecified atom stereocenters. The summed E-state index contributed by atoms with van der Waals surface area (Å²) in [5.41, 5.74) is 4.45. The van der Waals surface area contributed by atoms with Crippen LogP contribution < -0.4 is 14.2 Å². The zero-order chi connectivity index (χ0) is 22.5. The van der Waals surface area contributed by atoms with Gasteiger partial charge in [-0.15, -0.1) is 0 Å². The summed E-state index contributed by atoms with van der Waals surface area (Å²) in [5.74, 6) is 2.59. The van der Waals surface area contributed by atoms with Gasteiger partial charge in [-0.2, -0.15) is 0 Å². The number of benzene rings is 2. The molecule has 6 heteroatoms. The zero-order valence-corrected chi connectivity index (χ0v) is 19.5. The normalized spacial score (nSPS) is 16.0. The zero-order valence-electron chi connectivity index (χ0n) is 19.5. The number of rotatable bonds is 8. The fourth-order valence-corrected chi connectivity index (χ4v) is 4.62. The Hall–Kier alpha value is -2.73. The minimum atomic E-state index is 0.0345. The Morgan fingerprint density at radius 3 is 2.39 bits per heavy atom. The van der Waals surface area contributed by atoms with Gasteiger partial charge in [0.1, 0.15) is 17.2 Å². The van der Waals surface area contributed by atoms with Crippen molar-refractivity contribution in [2.45, 2.75) is 39.3 Å². The number of amides is 1. The predicted molar refractivity (Wildman–Crippen MR) is 122 cm³/mol. The molecule has 2 aromatic carbocycles. The van der Waals surface area contributed by atoms with Gasteiger partial charge in [-0.3, -0.25) is 9.69 Å². The van der Waals surface area contributed by atoms with Gasteiger partial charge in [0.05, 0.1) is 33.9 Å². The van der Waals surface area contributed by atoms with Gasteiger partial charge in [0.2, 0.25) is 5.91 Å². The quantitative estimate of drug-likeness (QED) is 0.635. The van der Waals surface area contributed by atoms with Crippen LogP contribution in [0.3, 0.4) is 0 Å². The lowest BCUT2D eigenvalue weighted by Gasteiger charge is -2.28. The number of likely N-dealkylation sites (tertiary alicyclic amines) is 1. The molecule has 0 aromatic heterocycles. The van der Waals surface area contributed by atoms with Crippen molar-refractivity contribution in [1.82, 2.24) is 9.80 Å². The largest absolute Gasteiger partial charge is 0.497 e. The minimum absolute atomic E-state index is 0.0345. The highest BCUT2D eigenvalue weighted by Gasteiger charge is 2.32. The third-order valence-electron chi connectivity index (χ3n) is 5.95. The van der Waals surface area contributed by atoms with Gasteiger partial charge in [-0.1, -0.05) is 12.1 Å². The van der Waals surface area contributed by atoms with E-state index in [1.165, 1.54) is 5.56 Å². The topological polar surface area (TPSA) is 51.2 Å². The predicted octanol–water partition coefficient (Wildman–Crippen LogP) is 4.12. The molecule has 31 heavy (non-hydrogen) atoms. The van der Waals surface area contributed by atoms with E-state index >= 15 is 0 Å². The molecule has 0 spiro atoms. The molecular formula is C25H34N2O4. The van der Waals surface area contributed by atoms with E-state index in [-0.39, 0.29) is 11.9 Å². The van der Waals surface area contributed by atoms with Crippen molar-refractivity contribution >= 4 is 5.91 Å². The van der Waals surface area contributed by atoms with Crippen molar-refractivity contribution in [3.8, 4) is 17.2 Å². The molecule has 1 fully saturated rings. The van der Waals surface area contributed by atoms with E-state index in [1.807, 2.05) is 30.1 Å². The van der Waals surface area contributed by atoms with Gasteiger partial charge in [0.25, 0.3) is 0 Å². The van der Waals surface area contributed by atoms with Crippen LogP contribution in [0, 0.1) is 13.8 Å². The number of hydrogen-bond donors (Lipinski definition) is 0. The van der Waals surface area contributed by atoms with Crippen molar-refractivity contribution in [3.05, 3.63) is 52.6 Å². The summed E-state index contributed by atoms with van der Waals surface area (Å²) in [4.78, 5) is 17.2. The highest BCUT2D eigenvalue weighted by Crippen LogP contribution is 2.38. The first-order chi connectivity index (χ1) is 14.9. The fourth-order valence-electron chi connectivity index (χ4n) is 4.62. The van der Waals surface area contributed by atoms with Crippen LogP contribution in [0.4, 0.5) is 0 Å². The van der Waals surface area contributed by atoms with E-state index in [1.54, 1.807) is 21.3 Å². The Kier molecular flexibility index (Phi) is 7.44. The van der Waals surface area contributed by atoms with Crippen molar-refractivity contribution in [2.75, 3.05) is 41.5 Å². The molecule has 6 nitrogen and oxygen atoms in total. The lowest BCUT2D eigenvalue weighted by molar-refractivity contribution is -0.133. The molecular weight excluding hydrogens is 392 g/mol. The Bertz CT molecular complexity index is 905. The summed E-state index contributed by atoms with van der Waals surface area (Å²) in [6.45, 7) is 5.96. The monoisotopic (exact) mass is 426 g/mol. The Morgan fingerprint density at radius 2 is 1.77 bits per heavy atom. The molecule has 3 rings (SSSR count). The minimum Gasteiger partial charge on any atom is -0.497 e. The molecule has 0 radical (unpaired) electrons. The second-order valence-electron chi connectivity index (χ2n) is 8.29. The number of hydrogen-bond acceptors (Lipinski definition) is 5. The van der Waals surface area contributed by atoms with Gasteiger partial charge in [-0.05, 0) is 62.6 Å². The van der Waals surface area contributed by atoms with Crippen molar-refractivity contribution in [1.29, 1.82) is 0 Å². The Morgan fingerprint density at radius 1 is 1.06 bits per heavy atom. The molecule has 1 saturated heterocycles. The molecule has 168 valence electrons. The van der Waals surface area contributed by atoms with Crippen LogP contribution in [0.25, 0.3) is 0 Å². The first-order valence-electron chi connectivity index (χ1n) is 10.7. The highest BCUT2D eigenvalue weighted by molar-refractivity contribution is 5.79. The smallest absolute Gasteiger partial charge is 0.237 e. The van der Waals surface area contributed by atoms with Gasteiger partial charge >= 0.3 is 0 Å². The molecule has 1 aliphatic rings. The lowest BCUT2D eigenvalue weighted by Crippen LogP contribution is -2.38. The molecule has 1 atom stereocenters. The summed E-state index contributed by atoms with van der Waals surface area (Å²) < 4.78 is 16.4. The molecule has 0 aliphatic carbocycles. The van der Waals surface area contributed by atoms with Crippen LogP contribution in [-0.4, -0.2) is 57.2 Å². The SMILES string of the molecule is COc1ccc(C2CCCN2C(=O)CN(C)Cc2cc(C)c(OC)c(C)c2)c(OC)c1. The maximum absolute atomic E-state index is 13.2. The van der Waals surface area contributed by atoms with Crippen molar-refractivity contribution in [3.63, 3.8) is 0 Å². The van der Waals surface area contributed by atoms with E-state index in [9.17, 15) is 4.79 Å². The third kappa shape index (κ3) is 5.13. The number of methoxy groups -OCH3 is 3. The first kappa shape index (κ1) is 22.9. The number of carbonyl (C=O) groups is 1. The van der Waals surface area contributed by atoms with Crippen molar-refractivity contribution in [2.24, 2.45) is 0 Å². The molecule has 1 amide bonds. The third-order valence-corrected chi connectivity index (χ3v) is 5.95. The van der Waals surface area contributed by atoms with Crippen LogP contribution in [0.1, 0.15) is 41.1 Å². The van der Waals surface area contributed by atoms with Crippen LogP contribution in [0.2, 0.25) is 0 Å². The fraction of sp³-hybridized carbons (Fsp3) is 0.480. The van der Waals surface area contributed by atoms with E-state index in [0.717, 1.165) is 53.3 Å². The van der Waals surface area contributed by atoms with E-state index in [2.05, 4.69) is 30.9 Å². The summed E-state index contributed by atoms with van der Waals surface area (Å²) in [5, 5.41) is 0. The van der Waals surface area contributed by atoms with Gasteiger partial charge in [-0.25, -0.2) is 0 Å². The highest BCUT2D eigenvalue weighted by atomic mass is 16.5. The van der Waals surface area contributed by atoms with E-state index < -0.39 is 0 Å². The average molecular weight is 427 g/mol. The van der Waals surface area contributed by atoms with E-state index in [4.69, 9.17) is 14.2 Å². The first-order valence-corrected chi connectivity index (χ1v) is 10.7. The maximum Gasteiger partial charge on any atom is 0.237 e. The maximum atomic E-state index is 13.2. The van der Waals surface area contributed by atoms with Gasteiger partial charge in [0.15, 0.2) is 0 Å². The summed E-state index contributed by atoms with van der Waals surface area (Å²) in [6.07, 6.45) is 1.93. The molecule has 0 saturated carbocycles. The molecule has 1 heterocycles. The summed E-state index contributed by atoms with van der Waals surface area (Å²) >= 11 is 0. The number of likely N-dealkylation sites (N-methyl/N-ethyl adjacent to an activating group) is 1. The molecule has 1 aliphatic heterocycles. The van der Waals surface area contributed by atoms with Crippen LogP contribution in [-0.2, 0) is 11.3 Å². The number of aryl methyl sites for hydroxylation is 2. The average Bonchev–Trinajstić information content (AvgIpc) is 3.22. The Balaban J connectivity index is 1.70. The van der Waals surface area contributed by atoms with Crippen LogP contribution >= 0.6 is 0 Å². The molecule has 0 N–H and O–H groups in total. The van der Waals surface area contributed by atoms with Gasteiger partial charge < -0.3 is 19.1 Å². The summed E-state index contributed by atoms with van der Waals surface area (Å²) in [6, 6.07) is 10.1. The standard InChI is InChI=1S/C25H34N2O4/c1-17-12-19(13-18(2)25(17)31-6)15-26(3)16-24(28)27-11-7-8-22(27)21-10-9-20(29-4)14-23(21)30-5/h9-10,12-14,22H,7-8,11,15-16H2,1-6H3. The van der Waals surface area contributed by atoms with Crippen LogP contribution in [0.15, 0.2) is 30.3 Å². The van der Waals surface area contributed by atoms with Crippen molar-refractivity contribution < 1.29 is 19.0 Å². The molecule has 2 aromatic rings. The molecule has 0 bridgehead atoms. The number of nitrogens with zero attached hydrogens (tertiary/aromatic N) is 2. The number of carbonyl (C=O) groups excluding carboxylic acids is 1. The van der Waals surface area contributed by atoms with E-state index in [0.29, 0.717) is 13.1 Å². The Labute approximate surface area is 185 Å².